The zero-order valence-corrected chi connectivity index (χ0v) is 12.3. The third-order valence-electron chi connectivity index (χ3n) is 3.70. The van der Waals surface area contributed by atoms with Gasteiger partial charge in [0.05, 0.1) is 5.69 Å². The van der Waals surface area contributed by atoms with Crippen molar-refractivity contribution < 1.29 is 4.79 Å². The van der Waals surface area contributed by atoms with Crippen molar-refractivity contribution in [1.82, 2.24) is 14.0 Å². The van der Waals surface area contributed by atoms with E-state index in [9.17, 15) is 4.79 Å². The van der Waals surface area contributed by atoms with Crippen molar-refractivity contribution in [3.63, 3.8) is 0 Å². The molecule has 1 amide bonds. The highest BCUT2D eigenvalue weighted by Gasteiger charge is 2.09. The Morgan fingerprint density at radius 2 is 1.70 bits per heavy atom. The molecule has 0 spiro atoms. The van der Waals surface area contributed by atoms with E-state index < -0.39 is 0 Å². The van der Waals surface area contributed by atoms with Crippen molar-refractivity contribution in [2.75, 3.05) is 5.32 Å². The van der Waals surface area contributed by atoms with E-state index in [2.05, 4.69) is 10.3 Å². The van der Waals surface area contributed by atoms with Crippen molar-refractivity contribution in [2.45, 2.75) is 0 Å². The summed E-state index contributed by atoms with van der Waals surface area (Å²) in [6, 6.07) is 15.1. The van der Waals surface area contributed by atoms with Gasteiger partial charge in [-0.15, -0.1) is 0 Å². The molecule has 4 aromatic rings. The van der Waals surface area contributed by atoms with Crippen LogP contribution < -0.4 is 5.32 Å². The fourth-order valence-corrected chi connectivity index (χ4v) is 2.53. The lowest BCUT2D eigenvalue weighted by atomic mass is 10.2. The lowest BCUT2D eigenvalue weighted by Crippen LogP contribution is -2.12. The maximum atomic E-state index is 12.4. The molecule has 0 unspecified atom stereocenters. The number of carbonyl (C=O) groups is 1. The minimum atomic E-state index is -0.153. The quantitative estimate of drug-likeness (QED) is 0.631. The molecule has 0 aliphatic heterocycles. The normalized spacial score (nSPS) is 10.8. The number of anilines is 1. The van der Waals surface area contributed by atoms with Crippen molar-refractivity contribution in [3.05, 3.63) is 85.1 Å². The fourth-order valence-electron chi connectivity index (χ4n) is 2.53. The summed E-state index contributed by atoms with van der Waals surface area (Å²) in [7, 11) is 0. The number of hydrogen-bond acceptors (Lipinski definition) is 2. The van der Waals surface area contributed by atoms with Gasteiger partial charge in [0.15, 0.2) is 5.65 Å². The molecule has 5 heteroatoms. The van der Waals surface area contributed by atoms with E-state index in [1.54, 1.807) is 6.20 Å². The molecule has 3 aromatic heterocycles. The monoisotopic (exact) mass is 302 g/mol. The Balaban J connectivity index is 1.58. The van der Waals surface area contributed by atoms with Crippen LogP contribution in [-0.4, -0.2) is 19.9 Å². The molecule has 4 rings (SSSR count). The molecule has 0 atom stereocenters. The van der Waals surface area contributed by atoms with Gasteiger partial charge in [0.1, 0.15) is 0 Å². The molecule has 0 bridgehead atoms. The van der Waals surface area contributed by atoms with Crippen molar-refractivity contribution >= 4 is 17.2 Å². The molecule has 112 valence electrons. The molecule has 0 fully saturated rings. The zero-order chi connectivity index (χ0) is 15.6. The van der Waals surface area contributed by atoms with Gasteiger partial charge < -0.3 is 14.3 Å². The highest BCUT2D eigenvalue weighted by molar-refractivity contribution is 6.06. The number of pyridine rings is 1. The maximum Gasteiger partial charge on any atom is 0.255 e. The molecule has 1 aromatic carbocycles. The van der Waals surface area contributed by atoms with E-state index in [0.717, 1.165) is 11.3 Å². The Morgan fingerprint density at radius 1 is 0.913 bits per heavy atom. The number of carbonyl (C=O) groups excluding carboxylic acids is 1. The first-order valence-electron chi connectivity index (χ1n) is 7.28. The van der Waals surface area contributed by atoms with Gasteiger partial charge in [-0.05, 0) is 48.5 Å². The number of amides is 1. The van der Waals surface area contributed by atoms with Crippen LogP contribution in [0.15, 0.2) is 79.5 Å². The van der Waals surface area contributed by atoms with Crippen LogP contribution >= 0.6 is 0 Å². The summed E-state index contributed by atoms with van der Waals surface area (Å²) >= 11 is 0. The van der Waals surface area contributed by atoms with E-state index in [4.69, 9.17) is 0 Å². The number of nitrogens with one attached hydrogen (secondary N) is 1. The molecular formula is C18H14N4O. The predicted octanol–water partition coefficient (Wildman–Crippen LogP) is 3.38. The SMILES string of the molecule is O=C(Nc1cccn2ccnc12)c1ccc(-n2cccc2)cc1. The van der Waals surface area contributed by atoms with Crippen LogP contribution in [0.4, 0.5) is 5.69 Å². The van der Waals surface area contributed by atoms with Crippen LogP contribution in [0, 0.1) is 0 Å². The van der Waals surface area contributed by atoms with Gasteiger partial charge in [0.2, 0.25) is 0 Å². The van der Waals surface area contributed by atoms with Gasteiger partial charge in [-0.2, -0.15) is 0 Å². The number of imidazole rings is 1. The van der Waals surface area contributed by atoms with Crippen LogP contribution in [-0.2, 0) is 0 Å². The van der Waals surface area contributed by atoms with Crippen molar-refractivity contribution in [1.29, 1.82) is 0 Å². The third kappa shape index (κ3) is 2.48. The fraction of sp³-hybridized carbons (Fsp3) is 0. The number of hydrogen-bond donors (Lipinski definition) is 1. The molecule has 23 heavy (non-hydrogen) atoms. The second-order valence-corrected chi connectivity index (χ2v) is 5.17. The first kappa shape index (κ1) is 13.3. The minimum Gasteiger partial charge on any atom is -0.324 e. The Kier molecular flexibility index (Phi) is 3.16. The van der Waals surface area contributed by atoms with Gasteiger partial charge in [0.25, 0.3) is 5.91 Å². The van der Waals surface area contributed by atoms with Gasteiger partial charge in [-0.1, -0.05) is 0 Å². The second kappa shape index (κ2) is 5.46. The van der Waals surface area contributed by atoms with Crippen molar-refractivity contribution in [3.8, 4) is 5.69 Å². The molecule has 0 radical (unpaired) electrons. The molecule has 3 heterocycles. The maximum absolute atomic E-state index is 12.4. The molecular weight excluding hydrogens is 288 g/mol. The average Bonchev–Trinajstić information content (AvgIpc) is 3.27. The van der Waals surface area contributed by atoms with Crippen LogP contribution in [0.3, 0.4) is 0 Å². The standard InChI is InChI=1S/C18H14N4O/c23-18(20-16-4-3-12-22-13-9-19-17(16)22)14-5-7-15(8-6-14)21-10-1-2-11-21/h1-13H,(H,20,23). The average molecular weight is 302 g/mol. The molecule has 0 saturated heterocycles. The number of nitrogens with zero attached hydrogens (tertiary/aromatic N) is 3. The van der Waals surface area contributed by atoms with Gasteiger partial charge >= 0.3 is 0 Å². The smallest absolute Gasteiger partial charge is 0.255 e. The summed E-state index contributed by atoms with van der Waals surface area (Å²) in [6.07, 6.45) is 9.37. The van der Waals surface area contributed by atoms with Gasteiger partial charge in [0, 0.05) is 42.2 Å². The van der Waals surface area contributed by atoms with Crippen LogP contribution in [0.2, 0.25) is 0 Å². The Morgan fingerprint density at radius 3 is 2.48 bits per heavy atom. The van der Waals surface area contributed by atoms with E-state index in [1.165, 1.54) is 0 Å². The largest absolute Gasteiger partial charge is 0.324 e. The van der Waals surface area contributed by atoms with Crippen molar-refractivity contribution in [2.24, 2.45) is 0 Å². The molecule has 1 N–H and O–H groups in total. The minimum absolute atomic E-state index is 0.153. The Bertz CT molecular complexity index is 952. The first-order valence-corrected chi connectivity index (χ1v) is 7.28. The summed E-state index contributed by atoms with van der Waals surface area (Å²) in [5.41, 5.74) is 3.04. The van der Waals surface area contributed by atoms with E-state index in [-0.39, 0.29) is 5.91 Å². The summed E-state index contributed by atoms with van der Waals surface area (Å²) < 4.78 is 3.86. The van der Waals surface area contributed by atoms with Crippen LogP contribution in [0.5, 0.6) is 0 Å². The van der Waals surface area contributed by atoms with Crippen LogP contribution in [0.25, 0.3) is 11.3 Å². The highest BCUT2D eigenvalue weighted by atomic mass is 16.1. The summed E-state index contributed by atoms with van der Waals surface area (Å²) in [5.74, 6) is -0.153. The Labute approximate surface area is 132 Å². The van der Waals surface area contributed by atoms with E-state index in [0.29, 0.717) is 11.3 Å². The number of rotatable bonds is 3. The number of benzene rings is 1. The van der Waals surface area contributed by atoms with Gasteiger partial charge in [-0.3, -0.25) is 4.79 Å². The van der Waals surface area contributed by atoms with Crippen LogP contribution in [0.1, 0.15) is 10.4 Å². The molecule has 5 nitrogen and oxygen atoms in total. The third-order valence-corrected chi connectivity index (χ3v) is 3.70. The highest BCUT2D eigenvalue weighted by Crippen LogP contribution is 2.16. The predicted molar refractivity (Wildman–Crippen MR) is 88.9 cm³/mol. The van der Waals surface area contributed by atoms with Gasteiger partial charge in [-0.25, -0.2) is 4.98 Å². The summed E-state index contributed by atoms with van der Waals surface area (Å²) in [4.78, 5) is 16.7. The first-order chi connectivity index (χ1) is 11.3. The Hall–Kier alpha value is -3.34. The van der Waals surface area contributed by atoms with E-state index in [1.807, 2.05) is 82.3 Å². The molecule has 0 saturated carbocycles. The second-order valence-electron chi connectivity index (χ2n) is 5.17. The number of aromatic nitrogens is 3. The molecule has 0 aliphatic rings. The summed E-state index contributed by atoms with van der Waals surface area (Å²) in [6.45, 7) is 0. The lowest BCUT2D eigenvalue weighted by molar-refractivity contribution is 0.102. The van der Waals surface area contributed by atoms with E-state index >= 15 is 0 Å². The number of fused-ring (bicyclic) bond motifs is 1. The molecule has 0 aliphatic carbocycles. The zero-order valence-electron chi connectivity index (χ0n) is 12.3. The summed E-state index contributed by atoms with van der Waals surface area (Å²) in [5, 5.41) is 2.91. The lowest BCUT2D eigenvalue weighted by Gasteiger charge is -2.08. The topological polar surface area (TPSA) is 51.3 Å².